The molecule has 0 aliphatic heterocycles. The summed E-state index contributed by atoms with van der Waals surface area (Å²) >= 11 is 0. The van der Waals surface area contributed by atoms with Gasteiger partial charge >= 0.3 is 0 Å². The summed E-state index contributed by atoms with van der Waals surface area (Å²) in [6, 6.07) is 15.1. The Hall–Kier alpha value is -2.82. The maximum atomic E-state index is 13.2. The van der Waals surface area contributed by atoms with E-state index in [0.29, 0.717) is 12.3 Å². The van der Waals surface area contributed by atoms with Gasteiger partial charge < -0.3 is 15.0 Å². The number of amides is 2. The fourth-order valence-corrected chi connectivity index (χ4v) is 3.33. The molecule has 0 fully saturated rings. The monoisotopic (exact) mass is 424 g/mol. The Morgan fingerprint density at radius 2 is 1.65 bits per heavy atom. The summed E-state index contributed by atoms with van der Waals surface area (Å²) in [6.45, 7) is 12.2. The summed E-state index contributed by atoms with van der Waals surface area (Å²) in [6.07, 6.45) is 0.833. The number of ether oxygens (including phenoxy) is 1. The van der Waals surface area contributed by atoms with Gasteiger partial charge in [-0.3, -0.25) is 9.59 Å². The molecule has 0 unspecified atom stereocenters. The lowest BCUT2D eigenvalue weighted by molar-refractivity contribution is -0.142. The Labute approximate surface area is 186 Å². The molecular weight excluding hydrogens is 388 g/mol. The summed E-state index contributed by atoms with van der Waals surface area (Å²) in [4.78, 5) is 27.6. The zero-order chi connectivity index (χ0) is 23.0. The quantitative estimate of drug-likeness (QED) is 0.594. The van der Waals surface area contributed by atoms with Crippen LogP contribution in [0, 0.1) is 6.92 Å². The highest BCUT2D eigenvalue weighted by Gasteiger charge is 2.27. The van der Waals surface area contributed by atoms with Gasteiger partial charge in [0.05, 0.1) is 0 Å². The number of hydrogen-bond acceptors (Lipinski definition) is 3. The van der Waals surface area contributed by atoms with Gasteiger partial charge in [-0.05, 0) is 55.9 Å². The number of carbonyl (C=O) groups excluding carboxylic acids is 2. The highest BCUT2D eigenvalue weighted by molar-refractivity contribution is 5.88. The third kappa shape index (κ3) is 6.84. The highest BCUT2D eigenvalue weighted by atomic mass is 16.5. The number of carbonyl (C=O) groups is 2. The van der Waals surface area contributed by atoms with Crippen molar-refractivity contribution < 1.29 is 14.3 Å². The Kier molecular flexibility index (Phi) is 9.10. The maximum Gasteiger partial charge on any atom is 0.261 e. The van der Waals surface area contributed by atoms with Crippen LogP contribution < -0.4 is 10.1 Å². The molecule has 5 nitrogen and oxygen atoms in total. The highest BCUT2D eigenvalue weighted by Crippen LogP contribution is 2.26. The molecule has 0 spiro atoms. The zero-order valence-electron chi connectivity index (χ0n) is 19.6. The van der Waals surface area contributed by atoms with Crippen LogP contribution in [0.3, 0.4) is 0 Å². The van der Waals surface area contributed by atoms with Gasteiger partial charge in [-0.2, -0.15) is 0 Å². The second-order valence-corrected chi connectivity index (χ2v) is 8.42. The lowest BCUT2D eigenvalue weighted by Gasteiger charge is -2.30. The van der Waals surface area contributed by atoms with Crippen molar-refractivity contribution in [3.63, 3.8) is 0 Å². The van der Waals surface area contributed by atoms with E-state index in [1.54, 1.807) is 11.8 Å². The molecule has 0 aromatic heterocycles. The minimum atomic E-state index is -0.606. The minimum absolute atomic E-state index is 0.0551. The SMILES string of the molecule is CC[C@@H](C)NC(=O)[C@@H](C)N(Cc1ccccc1C)C(=O)COc1ccccc1C(C)C. The summed E-state index contributed by atoms with van der Waals surface area (Å²) in [7, 11) is 0. The molecule has 0 aliphatic rings. The number of benzene rings is 2. The van der Waals surface area contributed by atoms with Gasteiger partial charge in [0.1, 0.15) is 11.8 Å². The van der Waals surface area contributed by atoms with Crippen LogP contribution >= 0.6 is 0 Å². The number of para-hydroxylation sites is 1. The first-order chi connectivity index (χ1) is 14.7. The van der Waals surface area contributed by atoms with Gasteiger partial charge in [0, 0.05) is 12.6 Å². The van der Waals surface area contributed by atoms with Gasteiger partial charge in [-0.15, -0.1) is 0 Å². The molecule has 0 heterocycles. The van der Waals surface area contributed by atoms with E-state index in [4.69, 9.17) is 4.74 Å². The van der Waals surface area contributed by atoms with Crippen molar-refractivity contribution in [3.8, 4) is 5.75 Å². The smallest absolute Gasteiger partial charge is 0.261 e. The van der Waals surface area contributed by atoms with Crippen LogP contribution in [0.1, 0.15) is 63.6 Å². The molecule has 0 bridgehead atoms. The summed E-state index contributed by atoms with van der Waals surface area (Å²) in [5, 5.41) is 2.99. The first-order valence-electron chi connectivity index (χ1n) is 11.1. The molecule has 2 amide bonds. The predicted octanol–water partition coefficient (Wildman–Crippen LogP) is 4.83. The van der Waals surface area contributed by atoms with Crippen molar-refractivity contribution in [2.24, 2.45) is 0 Å². The Balaban J connectivity index is 2.21. The first kappa shape index (κ1) is 24.4. The van der Waals surface area contributed by atoms with Crippen molar-refractivity contribution in [1.29, 1.82) is 0 Å². The van der Waals surface area contributed by atoms with E-state index < -0.39 is 6.04 Å². The maximum absolute atomic E-state index is 13.2. The van der Waals surface area contributed by atoms with Gasteiger partial charge in [-0.1, -0.05) is 63.2 Å². The summed E-state index contributed by atoms with van der Waals surface area (Å²) in [5.74, 6) is 0.625. The first-order valence-corrected chi connectivity index (χ1v) is 11.1. The molecule has 0 saturated carbocycles. The van der Waals surface area contributed by atoms with Gasteiger partial charge in [0.25, 0.3) is 5.91 Å². The molecule has 168 valence electrons. The average molecular weight is 425 g/mol. The number of aryl methyl sites for hydroxylation is 1. The normalized spacial score (nSPS) is 12.9. The van der Waals surface area contributed by atoms with Gasteiger partial charge in [-0.25, -0.2) is 0 Å². The molecule has 0 aliphatic carbocycles. The fraction of sp³-hybridized carbons (Fsp3) is 0.462. The minimum Gasteiger partial charge on any atom is -0.483 e. The Morgan fingerprint density at radius 3 is 2.29 bits per heavy atom. The van der Waals surface area contributed by atoms with E-state index in [1.807, 2.05) is 69.3 Å². The Bertz CT molecular complexity index is 878. The van der Waals surface area contributed by atoms with Crippen molar-refractivity contribution in [3.05, 3.63) is 65.2 Å². The van der Waals surface area contributed by atoms with Crippen molar-refractivity contribution >= 4 is 11.8 Å². The second kappa shape index (κ2) is 11.5. The molecule has 2 rings (SSSR count). The lowest BCUT2D eigenvalue weighted by atomic mass is 10.0. The van der Waals surface area contributed by atoms with Crippen LogP contribution in [0.15, 0.2) is 48.5 Å². The molecule has 0 saturated heterocycles. The fourth-order valence-electron chi connectivity index (χ4n) is 3.33. The molecular formula is C26H36N2O3. The largest absolute Gasteiger partial charge is 0.483 e. The zero-order valence-corrected chi connectivity index (χ0v) is 19.6. The van der Waals surface area contributed by atoms with E-state index in [9.17, 15) is 9.59 Å². The number of nitrogens with one attached hydrogen (secondary N) is 1. The van der Waals surface area contributed by atoms with Crippen molar-refractivity contribution in [1.82, 2.24) is 10.2 Å². The van der Waals surface area contributed by atoms with Crippen molar-refractivity contribution in [2.75, 3.05) is 6.61 Å². The molecule has 31 heavy (non-hydrogen) atoms. The third-order valence-corrected chi connectivity index (χ3v) is 5.66. The number of hydrogen-bond donors (Lipinski definition) is 1. The molecule has 2 aromatic carbocycles. The lowest BCUT2D eigenvalue weighted by Crippen LogP contribution is -2.50. The van der Waals surface area contributed by atoms with Crippen LogP contribution in [0.2, 0.25) is 0 Å². The standard InChI is InChI=1S/C26H36N2O3/c1-7-20(5)27-26(30)21(6)28(16-22-13-9-8-12-19(22)4)25(29)17-31-24-15-11-10-14-23(24)18(2)3/h8-15,18,20-21H,7,16-17H2,1-6H3,(H,27,30)/t20-,21-/m1/s1. The molecule has 0 radical (unpaired) electrons. The van der Waals surface area contributed by atoms with Crippen LogP contribution in [0.4, 0.5) is 0 Å². The number of rotatable bonds is 10. The van der Waals surface area contributed by atoms with E-state index in [1.165, 1.54) is 0 Å². The number of nitrogens with zero attached hydrogens (tertiary/aromatic N) is 1. The summed E-state index contributed by atoms with van der Waals surface area (Å²) < 4.78 is 5.92. The Morgan fingerprint density at radius 1 is 1.00 bits per heavy atom. The van der Waals surface area contributed by atoms with Gasteiger partial charge in [0.15, 0.2) is 6.61 Å². The molecule has 2 atom stereocenters. The topological polar surface area (TPSA) is 58.6 Å². The van der Waals surface area contributed by atoms with E-state index in [0.717, 1.165) is 23.1 Å². The van der Waals surface area contributed by atoms with Crippen molar-refractivity contribution in [2.45, 2.75) is 72.5 Å². The van der Waals surface area contributed by atoms with Crippen LogP contribution in [-0.2, 0) is 16.1 Å². The second-order valence-electron chi connectivity index (χ2n) is 8.42. The van der Waals surface area contributed by atoms with Crippen LogP contribution in [0.5, 0.6) is 5.75 Å². The van der Waals surface area contributed by atoms with Crippen LogP contribution in [0.25, 0.3) is 0 Å². The molecule has 1 N–H and O–H groups in total. The predicted molar refractivity (Wildman–Crippen MR) is 125 cm³/mol. The van der Waals surface area contributed by atoms with Gasteiger partial charge in [0.2, 0.25) is 5.91 Å². The molecule has 2 aromatic rings. The third-order valence-electron chi connectivity index (χ3n) is 5.66. The van der Waals surface area contributed by atoms with E-state index in [2.05, 4.69) is 19.2 Å². The summed E-state index contributed by atoms with van der Waals surface area (Å²) in [5.41, 5.74) is 3.16. The van der Waals surface area contributed by atoms with Crippen LogP contribution in [-0.4, -0.2) is 35.4 Å². The van der Waals surface area contributed by atoms with E-state index in [-0.39, 0.29) is 30.4 Å². The van der Waals surface area contributed by atoms with E-state index >= 15 is 0 Å². The average Bonchev–Trinajstić information content (AvgIpc) is 2.76. The molecule has 5 heteroatoms.